The van der Waals surface area contributed by atoms with Crippen LogP contribution in [-0.4, -0.2) is 23.0 Å². The molecule has 1 heterocycles. The first kappa shape index (κ1) is 21.3. The third-order valence-corrected chi connectivity index (χ3v) is 6.62. The van der Waals surface area contributed by atoms with Crippen molar-refractivity contribution in [3.05, 3.63) is 88.4 Å². The largest absolute Gasteiger partial charge is 0.322 e. The minimum atomic E-state index is -0.468. The molecule has 3 aromatic rings. The van der Waals surface area contributed by atoms with Gasteiger partial charge in [0.05, 0.1) is 10.9 Å². The summed E-state index contributed by atoms with van der Waals surface area (Å²) in [4.78, 5) is 39.7. The first-order valence-corrected chi connectivity index (χ1v) is 11.3. The second-order valence-electron chi connectivity index (χ2n) is 7.20. The number of nitrogens with one attached hydrogen (secondary N) is 1. The Kier molecular flexibility index (Phi) is 6.25. The highest BCUT2D eigenvalue weighted by Crippen LogP contribution is 2.34. The Balaban J connectivity index is 1.40. The van der Waals surface area contributed by atoms with Gasteiger partial charge in [-0.1, -0.05) is 33.6 Å². The molecule has 1 fully saturated rings. The van der Waals surface area contributed by atoms with Crippen LogP contribution in [0.1, 0.15) is 22.3 Å². The fourth-order valence-corrected chi connectivity index (χ4v) is 4.57. The van der Waals surface area contributed by atoms with Gasteiger partial charge in [-0.25, -0.2) is 4.90 Å². The highest BCUT2D eigenvalue weighted by Gasteiger charge is 2.40. The zero-order chi connectivity index (χ0) is 22.0. The average Bonchev–Trinajstić information content (AvgIpc) is 3.03. The Hall–Kier alpha value is -2.90. The van der Waals surface area contributed by atoms with E-state index in [1.54, 1.807) is 48.5 Å². The number of carbonyl (C=O) groups excluding carboxylic acids is 3. The number of carbonyl (C=O) groups is 3. The topological polar surface area (TPSA) is 66.5 Å². The molecule has 156 valence electrons. The van der Waals surface area contributed by atoms with Gasteiger partial charge in [0, 0.05) is 27.0 Å². The summed E-state index contributed by atoms with van der Waals surface area (Å²) in [6, 6.07) is 21.7. The van der Waals surface area contributed by atoms with Crippen molar-refractivity contribution < 1.29 is 14.4 Å². The molecular weight excluding hydrogens is 476 g/mol. The SMILES string of the molecule is Cc1ccc(C(=O)Nc2ccc(SC3CC(=O)N(c4ccc(Br)cc4)C3=O)cc2)cc1. The second-order valence-corrected chi connectivity index (χ2v) is 9.39. The highest BCUT2D eigenvalue weighted by molar-refractivity contribution is 9.10. The molecule has 31 heavy (non-hydrogen) atoms. The number of aryl methyl sites for hydroxylation is 1. The van der Waals surface area contributed by atoms with Gasteiger partial charge in [0.2, 0.25) is 11.8 Å². The molecule has 0 aliphatic carbocycles. The molecule has 1 aliphatic heterocycles. The fraction of sp³-hybridized carbons (Fsp3) is 0.125. The third kappa shape index (κ3) is 4.89. The number of nitrogens with zero attached hydrogens (tertiary/aromatic N) is 1. The number of halogens is 1. The molecule has 0 radical (unpaired) electrons. The summed E-state index contributed by atoms with van der Waals surface area (Å²) < 4.78 is 0.885. The first-order valence-electron chi connectivity index (χ1n) is 9.68. The normalized spacial score (nSPS) is 15.9. The van der Waals surface area contributed by atoms with Gasteiger partial charge >= 0.3 is 0 Å². The number of rotatable bonds is 5. The molecule has 0 aromatic heterocycles. The quantitative estimate of drug-likeness (QED) is 0.480. The summed E-state index contributed by atoms with van der Waals surface area (Å²) in [5.41, 5.74) is 2.93. The number of anilines is 2. The van der Waals surface area contributed by atoms with Crippen LogP contribution in [0.2, 0.25) is 0 Å². The van der Waals surface area contributed by atoms with E-state index in [4.69, 9.17) is 0 Å². The van der Waals surface area contributed by atoms with Gasteiger partial charge in [-0.2, -0.15) is 0 Å². The van der Waals surface area contributed by atoms with E-state index >= 15 is 0 Å². The molecule has 0 spiro atoms. The number of thioether (sulfide) groups is 1. The second kappa shape index (κ2) is 9.08. The van der Waals surface area contributed by atoms with Crippen LogP contribution in [0.5, 0.6) is 0 Å². The summed E-state index contributed by atoms with van der Waals surface area (Å²) in [6.45, 7) is 1.97. The molecule has 1 atom stereocenters. The van der Waals surface area contributed by atoms with Crippen molar-refractivity contribution in [2.24, 2.45) is 0 Å². The monoisotopic (exact) mass is 494 g/mol. The van der Waals surface area contributed by atoms with Gasteiger partial charge in [-0.15, -0.1) is 11.8 Å². The van der Waals surface area contributed by atoms with E-state index in [1.165, 1.54) is 16.7 Å². The fourth-order valence-electron chi connectivity index (χ4n) is 3.25. The van der Waals surface area contributed by atoms with Crippen molar-refractivity contribution in [1.29, 1.82) is 0 Å². The zero-order valence-electron chi connectivity index (χ0n) is 16.7. The predicted molar refractivity (Wildman–Crippen MR) is 126 cm³/mol. The van der Waals surface area contributed by atoms with Crippen molar-refractivity contribution in [3.63, 3.8) is 0 Å². The Bertz CT molecular complexity index is 1130. The summed E-state index contributed by atoms with van der Waals surface area (Å²) >= 11 is 4.71. The van der Waals surface area contributed by atoms with Crippen LogP contribution in [0.15, 0.2) is 82.2 Å². The van der Waals surface area contributed by atoms with E-state index in [0.717, 1.165) is 14.9 Å². The van der Waals surface area contributed by atoms with Crippen LogP contribution < -0.4 is 10.2 Å². The van der Waals surface area contributed by atoms with Crippen LogP contribution in [0.3, 0.4) is 0 Å². The van der Waals surface area contributed by atoms with E-state index in [-0.39, 0.29) is 24.1 Å². The van der Waals surface area contributed by atoms with Gasteiger partial charge < -0.3 is 5.32 Å². The smallest absolute Gasteiger partial charge is 0.255 e. The van der Waals surface area contributed by atoms with Gasteiger partial charge in [0.15, 0.2) is 0 Å². The van der Waals surface area contributed by atoms with Crippen molar-refractivity contribution in [3.8, 4) is 0 Å². The van der Waals surface area contributed by atoms with Crippen molar-refractivity contribution in [2.75, 3.05) is 10.2 Å². The minimum absolute atomic E-state index is 0.158. The first-order chi connectivity index (χ1) is 14.9. The maximum absolute atomic E-state index is 12.8. The summed E-state index contributed by atoms with van der Waals surface area (Å²) in [6.07, 6.45) is 0.158. The number of hydrogen-bond donors (Lipinski definition) is 1. The molecular formula is C24H19BrN2O3S. The van der Waals surface area contributed by atoms with Crippen molar-refractivity contribution in [1.82, 2.24) is 0 Å². The number of imide groups is 1. The van der Waals surface area contributed by atoms with Crippen molar-refractivity contribution >= 4 is 56.8 Å². The lowest BCUT2D eigenvalue weighted by Gasteiger charge is -2.15. The molecule has 5 nitrogen and oxygen atoms in total. The third-order valence-electron chi connectivity index (χ3n) is 4.89. The molecule has 3 amide bonds. The van der Waals surface area contributed by atoms with E-state index in [2.05, 4.69) is 21.2 Å². The molecule has 4 rings (SSSR count). The molecule has 1 N–H and O–H groups in total. The standard InChI is InChI=1S/C24H19BrN2O3S/c1-15-2-4-16(5-3-15)23(29)26-18-8-12-20(13-9-18)31-21-14-22(28)27(24(21)30)19-10-6-17(25)7-11-19/h2-13,21H,14H2,1H3,(H,26,29). The molecule has 7 heteroatoms. The number of hydrogen-bond acceptors (Lipinski definition) is 4. The van der Waals surface area contributed by atoms with E-state index in [1.807, 2.05) is 31.2 Å². The van der Waals surface area contributed by atoms with Crippen LogP contribution in [0, 0.1) is 6.92 Å². The van der Waals surface area contributed by atoms with Gasteiger partial charge in [0.1, 0.15) is 0 Å². The van der Waals surface area contributed by atoms with E-state index < -0.39 is 5.25 Å². The number of benzene rings is 3. The van der Waals surface area contributed by atoms with Crippen molar-refractivity contribution in [2.45, 2.75) is 23.5 Å². The van der Waals surface area contributed by atoms with Gasteiger partial charge in [-0.3, -0.25) is 14.4 Å². The lowest BCUT2D eigenvalue weighted by molar-refractivity contribution is -0.121. The molecule has 0 bridgehead atoms. The maximum atomic E-state index is 12.8. The van der Waals surface area contributed by atoms with Crippen LogP contribution in [-0.2, 0) is 9.59 Å². The minimum Gasteiger partial charge on any atom is -0.322 e. The Morgan fingerprint density at radius 3 is 2.26 bits per heavy atom. The Morgan fingerprint density at radius 1 is 0.968 bits per heavy atom. The van der Waals surface area contributed by atoms with Gasteiger partial charge in [0.25, 0.3) is 5.91 Å². The van der Waals surface area contributed by atoms with E-state index in [0.29, 0.717) is 16.9 Å². The van der Waals surface area contributed by atoms with Crippen LogP contribution in [0.4, 0.5) is 11.4 Å². The molecule has 1 saturated heterocycles. The van der Waals surface area contributed by atoms with Crippen LogP contribution in [0.25, 0.3) is 0 Å². The average molecular weight is 495 g/mol. The highest BCUT2D eigenvalue weighted by atomic mass is 79.9. The lowest BCUT2D eigenvalue weighted by atomic mass is 10.1. The lowest BCUT2D eigenvalue weighted by Crippen LogP contribution is -2.31. The summed E-state index contributed by atoms with van der Waals surface area (Å²) in [7, 11) is 0. The number of amides is 3. The zero-order valence-corrected chi connectivity index (χ0v) is 19.1. The van der Waals surface area contributed by atoms with Crippen LogP contribution >= 0.6 is 27.7 Å². The molecule has 1 aliphatic rings. The summed E-state index contributed by atoms with van der Waals surface area (Å²) in [5.74, 6) is -0.594. The molecule has 1 unspecified atom stereocenters. The molecule has 0 saturated carbocycles. The predicted octanol–water partition coefficient (Wildman–Crippen LogP) is 5.43. The Labute approximate surface area is 193 Å². The summed E-state index contributed by atoms with van der Waals surface area (Å²) in [5, 5.41) is 2.40. The maximum Gasteiger partial charge on any atom is 0.255 e. The molecule has 3 aromatic carbocycles. The van der Waals surface area contributed by atoms with Gasteiger partial charge in [-0.05, 0) is 67.6 Å². The van der Waals surface area contributed by atoms with E-state index in [9.17, 15) is 14.4 Å². The Morgan fingerprint density at radius 2 is 1.61 bits per heavy atom.